The van der Waals surface area contributed by atoms with Gasteiger partial charge in [-0.1, -0.05) is 0 Å². The molecule has 0 aromatic rings. The summed E-state index contributed by atoms with van der Waals surface area (Å²) in [5.74, 6) is 2.68. The number of hydrogen-bond donors (Lipinski definition) is 2. The highest BCUT2D eigenvalue weighted by Crippen LogP contribution is 2.29. The highest BCUT2D eigenvalue weighted by Gasteiger charge is 2.21. The Morgan fingerprint density at radius 2 is 1.94 bits per heavy atom. The molecular weight excluding hydrogens is 226 g/mol. The molecule has 2 aliphatic carbocycles. The van der Waals surface area contributed by atoms with Gasteiger partial charge in [0, 0.05) is 32.8 Å². The van der Waals surface area contributed by atoms with Crippen molar-refractivity contribution in [2.24, 2.45) is 16.8 Å². The molecule has 0 aliphatic heterocycles. The van der Waals surface area contributed by atoms with Crippen molar-refractivity contribution in [2.45, 2.75) is 39.0 Å². The molecule has 0 aromatic carbocycles. The van der Waals surface area contributed by atoms with Gasteiger partial charge in [0.15, 0.2) is 5.96 Å². The van der Waals surface area contributed by atoms with Gasteiger partial charge in [-0.2, -0.15) is 0 Å². The van der Waals surface area contributed by atoms with Gasteiger partial charge in [-0.15, -0.1) is 0 Å². The Balaban J connectivity index is 1.48. The first-order chi connectivity index (χ1) is 8.88. The van der Waals surface area contributed by atoms with Gasteiger partial charge < -0.3 is 15.4 Å². The highest BCUT2D eigenvalue weighted by molar-refractivity contribution is 5.79. The fourth-order valence-electron chi connectivity index (χ4n) is 1.78. The fraction of sp³-hybridized carbons (Fsp3) is 0.929. The minimum atomic E-state index is 0.849. The Morgan fingerprint density at radius 3 is 2.61 bits per heavy atom. The van der Waals surface area contributed by atoms with Gasteiger partial charge >= 0.3 is 0 Å². The lowest BCUT2D eigenvalue weighted by atomic mass is 10.4. The van der Waals surface area contributed by atoms with Crippen molar-refractivity contribution in [1.82, 2.24) is 10.6 Å². The van der Waals surface area contributed by atoms with Crippen molar-refractivity contribution in [2.75, 3.05) is 32.8 Å². The van der Waals surface area contributed by atoms with E-state index in [0.29, 0.717) is 0 Å². The van der Waals surface area contributed by atoms with Crippen LogP contribution < -0.4 is 10.6 Å². The minimum Gasteiger partial charge on any atom is -0.381 e. The lowest BCUT2D eigenvalue weighted by molar-refractivity contribution is 0.123. The normalized spacial score (nSPS) is 19.9. The van der Waals surface area contributed by atoms with Crippen LogP contribution in [0, 0.1) is 11.8 Å². The molecule has 104 valence electrons. The molecule has 2 aliphatic rings. The van der Waals surface area contributed by atoms with Gasteiger partial charge in [-0.25, -0.2) is 0 Å². The molecule has 0 amide bonds. The maximum Gasteiger partial charge on any atom is 0.191 e. The molecule has 0 saturated heterocycles. The number of nitrogens with one attached hydrogen (secondary N) is 2. The van der Waals surface area contributed by atoms with Crippen molar-refractivity contribution < 1.29 is 4.74 Å². The maximum atomic E-state index is 5.61. The molecule has 0 spiro atoms. The SMILES string of the molecule is CCNC(=NCC1CC1)NCCCOCC1CC1. The van der Waals surface area contributed by atoms with Crippen molar-refractivity contribution >= 4 is 5.96 Å². The van der Waals surface area contributed by atoms with Crippen LogP contribution in [0.2, 0.25) is 0 Å². The van der Waals surface area contributed by atoms with Gasteiger partial charge in [0.25, 0.3) is 0 Å². The van der Waals surface area contributed by atoms with Crippen LogP contribution in [0.25, 0.3) is 0 Å². The molecule has 0 atom stereocenters. The monoisotopic (exact) mass is 253 g/mol. The van der Waals surface area contributed by atoms with Crippen LogP contribution in [0.15, 0.2) is 4.99 Å². The van der Waals surface area contributed by atoms with Crippen molar-refractivity contribution in [1.29, 1.82) is 0 Å². The van der Waals surface area contributed by atoms with E-state index >= 15 is 0 Å². The van der Waals surface area contributed by atoms with Gasteiger partial charge in [0.2, 0.25) is 0 Å². The van der Waals surface area contributed by atoms with Gasteiger partial charge in [-0.3, -0.25) is 4.99 Å². The van der Waals surface area contributed by atoms with E-state index in [2.05, 4.69) is 22.5 Å². The molecule has 0 bridgehead atoms. The third-order valence-corrected chi connectivity index (χ3v) is 3.36. The lowest BCUT2D eigenvalue weighted by Crippen LogP contribution is -2.38. The van der Waals surface area contributed by atoms with E-state index in [1.807, 2.05) is 0 Å². The number of hydrogen-bond acceptors (Lipinski definition) is 2. The van der Waals surface area contributed by atoms with E-state index in [1.54, 1.807) is 0 Å². The Hall–Kier alpha value is -0.770. The molecule has 0 aromatic heterocycles. The predicted octanol–water partition coefficient (Wildman–Crippen LogP) is 1.77. The molecule has 0 radical (unpaired) electrons. The zero-order valence-electron chi connectivity index (χ0n) is 11.6. The molecule has 4 nitrogen and oxygen atoms in total. The first kappa shape index (κ1) is 13.7. The van der Waals surface area contributed by atoms with Gasteiger partial charge in [0.05, 0.1) is 0 Å². The topological polar surface area (TPSA) is 45.7 Å². The van der Waals surface area contributed by atoms with E-state index in [4.69, 9.17) is 4.74 Å². The summed E-state index contributed by atoms with van der Waals surface area (Å²) in [6.07, 6.45) is 6.52. The molecule has 2 N–H and O–H groups in total. The zero-order valence-corrected chi connectivity index (χ0v) is 11.6. The Bertz CT molecular complexity index is 260. The van der Waals surface area contributed by atoms with Crippen LogP contribution in [0.3, 0.4) is 0 Å². The molecule has 0 heterocycles. The van der Waals surface area contributed by atoms with E-state index < -0.39 is 0 Å². The Morgan fingerprint density at radius 1 is 1.17 bits per heavy atom. The van der Waals surface area contributed by atoms with Crippen molar-refractivity contribution in [3.05, 3.63) is 0 Å². The van der Waals surface area contributed by atoms with Gasteiger partial charge in [0.1, 0.15) is 0 Å². The van der Waals surface area contributed by atoms with E-state index in [1.165, 1.54) is 25.7 Å². The molecule has 2 rings (SSSR count). The summed E-state index contributed by atoms with van der Waals surface area (Å²) in [4.78, 5) is 4.59. The Labute approximate surface area is 111 Å². The second kappa shape index (κ2) is 7.62. The van der Waals surface area contributed by atoms with Crippen molar-refractivity contribution in [3.63, 3.8) is 0 Å². The average Bonchev–Trinajstić information content (AvgIpc) is 3.25. The summed E-state index contributed by atoms with van der Waals surface area (Å²) in [7, 11) is 0. The van der Waals surface area contributed by atoms with Crippen LogP contribution in [-0.4, -0.2) is 38.8 Å². The Kier molecular flexibility index (Phi) is 5.78. The largest absolute Gasteiger partial charge is 0.381 e. The zero-order chi connectivity index (χ0) is 12.6. The van der Waals surface area contributed by atoms with Crippen LogP contribution in [0.4, 0.5) is 0 Å². The smallest absolute Gasteiger partial charge is 0.191 e. The molecule has 18 heavy (non-hydrogen) atoms. The molecule has 2 fully saturated rings. The maximum absolute atomic E-state index is 5.61. The lowest BCUT2D eigenvalue weighted by Gasteiger charge is -2.11. The fourth-order valence-corrected chi connectivity index (χ4v) is 1.78. The first-order valence-electron chi connectivity index (χ1n) is 7.48. The molecule has 4 heteroatoms. The summed E-state index contributed by atoms with van der Waals surface area (Å²) in [6.45, 7) is 6.79. The van der Waals surface area contributed by atoms with Crippen LogP contribution in [0.1, 0.15) is 39.0 Å². The number of rotatable bonds is 9. The van der Waals surface area contributed by atoms with Crippen LogP contribution in [0.5, 0.6) is 0 Å². The van der Waals surface area contributed by atoms with E-state index in [-0.39, 0.29) is 0 Å². The third-order valence-electron chi connectivity index (χ3n) is 3.36. The first-order valence-corrected chi connectivity index (χ1v) is 7.48. The molecular formula is C14H27N3O. The second-order valence-corrected chi connectivity index (χ2v) is 5.46. The summed E-state index contributed by atoms with van der Waals surface area (Å²) in [5, 5.41) is 6.65. The number of guanidine groups is 1. The summed E-state index contributed by atoms with van der Waals surface area (Å²) >= 11 is 0. The number of nitrogens with zero attached hydrogens (tertiary/aromatic N) is 1. The average molecular weight is 253 g/mol. The molecule has 2 saturated carbocycles. The second-order valence-electron chi connectivity index (χ2n) is 5.46. The standard InChI is InChI=1S/C14H27N3O/c1-2-15-14(17-10-12-4-5-12)16-8-3-9-18-11-13-6-7-13/h12-13H,2-11H2,1H3,(H2,15,16,17). The quantitative estimate of drug-likeness (QED) is 0.374. The number of aliphatic imine (C=N–C) groups is 1. The van der Waals surface area contributed by atoms with Crippen molar-refractivity contribution in [3.8, 4) is 0 Å². The molecule has 0 unspecified atom stereocenters. The van der Waals surface area contributed by atoms with E-state index in [9.17, 15) is 0 Å². The third kappa shape index (κ3) is 6.24. The minimum absolute atomic E-state index is 0.849. The van der Waals surface area contributed by atoms with Crippen LogP contribution >= 0.6 is 0 Å². The number of ether oxygens (including phenoxy) is 1. The van der Waals surface area contributed by atoms with Gasteiger partial charge in [-0.05, 0) is 50.9 Å². The van der Waals surface area contributed by atoms with E-state index in [0.717, 1.165) is 57.1 Å². The van der Waals surface area contributed by atoms with Crippen LogP contribution in [-0.2, 0) is 4.74 Å². The highest BCUT2D eigenvalue weighted by atomic mass is 16.5. The summed E-state index contributed by atoms with van der Waals surface area (Å²) < 4.78 is 5.61. The summed E-state index contributed by atoms with van der Waals surface area (Å²) in [5.41, 5.74) is 0. The summed E-state index contributed by atoms with van der Waals surface area (Å²) in [6, 6.07) is 0. The predicted molar refractivity (Wildman–Crippen MR) is 74.9 cm³/mol.